The van der Waals surface area contributed by atoms with Crippen LogP contribution in [-0.2, 0) is 0 Å². The maximum absolute atomic E-state index is 7.04. The summed E-state index contributed by atoms with van der Waals surface area (Å²) >= 11 is 1.73. The standard InChI is InChI=1S/C59H56O2S/c1-5-8-10-20-33-59(34-21-11-9-6-2)35-60-57-37(4)62-48(58(57)61-36-59)32-31-47-55-51-42-27-16-12-23-38(42)49(39-24-13-17-28-43(39)51)53(55)46(22-7-3)54-50-40-25-14-18-29-44(40)52(56(47)54)45-30-19-15-26-41(45)50/h12-19,23-30,49-52H,5-6,8-11,20-21,33-36H2,1-4H3. The van der Waals surface area contributed by atoms with Crippen molar-refractivity contribution in [3.63, 3.8) is 0 Å². The van der Waals surface area contributed by atoms with Crippen molar-refractivity contribution in [3.05, 3.63) is 185 Å². The maximum atomic E-state index is 7.04. The second-order valence-electron chi connectivity index (χ2n) is 18.6. The molecule has 13 rings (SSSR count). The molecule has 62 heavy (non-hydrogen) atoms. The Bertz CT molecular complexity index is 2630. The molecule has 4 bridgehead atoms. The Morgan fingerprint density at radius 3 is 1.24 bits per heavy atom. The molecule has 2 nitrogen and oxygen atoms in total. The van der Waals surface area contributed by atoms with Gasteiger partial charge in [-0.05, 0) is 99.4 Å². The zero-order chi connectivity index (χ0) is 42.0. The van der Waals surface area contributed by atoms with Gasteiger partial charge < -0.3 is 9.47 Å². The highest BCUT2D eigenvalue weighted by Crippen LogP contribution is 2.64. The first kappa shape index (κ1) is 39.4. The summed E-state index contributed by atoms with van der Waals surface area (Å²) in [6.45, 7) is 10.2. The molecule has 1 aliphatic heterocycles. The van der Waals surface area contributed by atoms with Gasteiger partial charge in [-0.25, -0.2) is 0 Å². The highest BCUT2D eigenvalue weighted by atomic mass is 32.1. The molecule has 310 valence electrons. The number of unbranched alkanes of at least 4 members (excludes halogenated alkanes) is 6. The van der Waals surface area contributed by atoms with Gasteiger partial charge >= 0.3 is 0 Å². The highest BCUT2D eigenvalue weighted by molar-refractivity contribution is 7.13. The van der Waals surface area contributed by atoms with Gasteiger partial charge in [-0.15, -0.1) is 17.3 Å². The fraction of sp³-hybridized carbons (Fsp3) is 0.356. The van der Waals surface area contributed by atoms with E-state index in [2.05, 4.69) is 142 Å². The predicted molar refractivity (Wildman–Crippen MR) is 255 cm³/mol. The van der Waals surface area contributed by atoms with E-state index in [4.69, 9.17) is 9.47 Å². The average Bonchev–Trinajstić information content (AvgIpc) is 3.49. The van der Waals surface area contributed by atoms with Crippen molar-refractivity contribution in [1.29, 1.82) is 0 Å². The zero-order valence-corrected chi connectivity index (χ0v) is 37.6. The Labute approximate surface area is 373 Å². The van der Waals surface area contributed by atoms with E-state index in [1.54, 1.807) is 11.3 Å². The molecule has 6 aromatic rings. The molecule has 0 radical (unpaired) electrons. The van der Waals surface area contributed by atoms with Gasteiger partial charge in [-0.1, -0.05) is 174 Å². The van der Waals surface area contributed by atoms with Crippen LogP contribution in [0.15, 0.2) is 97.1 Å². The van der Waals surface area contributed by atoms with Gasteiger partial charge in [0.2, 0.25) is 0 Å². The minimum atomic E-state index is 0.0175. The van der Waals surface area contributed by atoms with Gasteiger partial charge in [0.05, 0.1) is 13.2 Å². The van der Waals surface area contributed by atoms with Crippen LogP contribution in [0.5, 0.6) is 11.5 Å². The average molecular weight is 829 g/mol. The second kappa shape index (κ2) is 16.0. The zero-order valence-electron chi connectivity index (χ0n) is 36.8. The summed E-state index contributed by atoms with van der Waals surface area (Å²) in [5.41, 5.74) is 19.1. The summed E-state index contributed by atoms with van der Waals surface area (Å²) < 4.78 is 13.9. The topological polar surface area (TPSA) is 18.5 Å². The normalized spacial score (nSPS) is 19.6. The van der Waals surface area contributed by atoms with Gasteiger partial charge in [0.25, 0.3) is 0 Å². The molecule has 2 heterocycles. The van der Waals surface area contributed by atoms with Crippen LogP contribution in [0, 0.1) is 36.0 Å². The SMILES string of the molecule is CC#Cc1c2c(c(C#Cc3sc(C)c4c3OCC(CCCCCC)(CCCCCC)CO4)c3c1C1c4ccccc4C3c3ccccc31)C1c3ccccc3C2c2ccccc21. The lowest BCUT2D eigenvalue weighted by atomic mass is 9.53. The largest absolute Gasteiger partial charge is 0.488 e. The molecule has 6 aliphatic carbocycles. The molecule has 7 aliphatic rings. The Kier molecular flexibility index (Phi) is 10.2. The number of aryl methyl sites for hydroxylation is 1. The maximum Gasteiger partial charge on any atom is 0.188 e. The molecule has 0 spiro atoms. The Morgan fingerprint density at radius 1 is 0.500 bits per heavy atom. The minimum absolute atomic E-state index is 0.0175. The minimum Gasteiger partial charge on any atom is -0.488 e. The van der Waals surface area contributed by atoms with Gasteiger partial charge in [0.1, 0.15) is 4.88 Å². The first-order valence-corrected chi connectivity index (χ1v) is 24.3. The van der Waals surface area contributed by atoms with Crippen molar-refractivity contribution >= 4 is 11.3 Å². The lowest BCUT2D eigenvalue weighted by molar-refractivity contribution is 0.0780. The van der Waals surface area contributed by atoms with Crippen LogP contribution in [0.2, 0.25) is 0 Å². The molecule has 0 saturated carbocycles. The summed E-state index contributed by atoms with van der Waals surface area (Å²) in [6, 6.07) is 36.7. The molecule has 0 amide bonds. The number of ether oxygens (including phenoxy) is 2. The van der Waals surface area contributed by atoms with Gasteiger partial charge in [0, 0.05) is 45.1 Å². The molecule has 0 fully saturated rings. The lowest BCUT2D eigenvalue weighted by Crippen LogP contribution is -2.35. The number of hydrogen-bond donors (Lipinski definition) is 0. The third-order valence-corrected chi connectivity index (χ3v) is 16.0. The van der Waals surface area contributed by atoms with Crippen molar-refractivity contribution in [1.82, 2.24) is 0 Å². The Morgan fingerprint density at radius 2 is 0.871 bits per heavy atom. The van der Waals surface area contributed by atoms with E-state index >= 15 is 0 Å². The molecule has 1 aromatic heterocycles. The molecule has 3 heteroatoms. The van der Waals surface area contributed by atoms with Gasteiger partial charge in [0.15, 0.2) is 11.5 Å². The van der Waals surface area contributed by atoms with Crippen LogP contribution in [0.1, 0.15) is 196 Å². The first-order chi connectivity index (χ1) is 30.6. The summed E-state index contributed by atoms with van der Waals surface area (Å²) in [5.74, 6) is 17.2. The molecule has 0 atom stereocenters. The van der Waals surface area contributed by atoms with Crippen molar-refractivity contribution in [2.24, 2.45) is 5.41 Å². The third-order valence-electron chi connectivity index (χ3n) is 15.0. The number of rotatable bonds is 10. The van der Waals surface area contributed by atoms with E-state index in [0.717, 1.165) is 34.1 Å². The molecular weight excluding hydrogens is 773 g/mol. The predicted octanol–water partition coefficient (Wildman–Crippen LogP) is 14.5. The fourth-order valence-electron chi connectivity index (χ4n) is 12.3. The van der Waals surface area contributed by atoms with Crippen molar-refractivity contribution in [3.8, 4) is 35.2 Å². The Hall–Kier alpha value is -5.48. The number of thiophene rings is 1. The molecule has 0 N–H and O–H groups in total. The van der Waals surface area contributed by atoms with Crippen LogP contribution in [0.25, 0.3) is 0 Å². The quantitative estimate of drug-likeness (QED) is 0.101. The van der Waals surface area contributed by atoms with E-state index < -0.39 is 0 Å². The summed E-state index contributed by atoms with van der Waals surface area (Å²) in [4.78, 5) is 2.13. The fourth-order valence-corrected chi connectivity index (χ4v) is 13.1. The van der Waals surface area contributed by atoms with Crippen LogP contribution < -0.4 is 9.47 Å². The smallest absolute Gasteiger partial charge is 0.188 e. The van der Waals surface area contributed by atoms with Crippen LogP contribution in [-0.4, -0.2) is 13.2 Å². The van der Waals surface area contributed by atoms with Gasteiger partial charge in [-0.3, -0.25) is 0 Å². The van der Waals surface area contributed by atoms with E-state index in [1.807, 2.05) is 6.92 Å². The monoisotopic (exact) mass is 828 g/mol. The number of hydrogen-bond acceptors (Lipinski definition) is 3. The van der Waals surface area contributed by atoms with Crippen molar-refractivity contribution in [2.45, 2.75) is 116 Å². The second-order valence-corrected chi connectivity index (χ2v) is 19.8. The van der Waals surface area contributed by atoms with E-state index in [9.17, 15) is 0 Å². The molecular formula is C59H56O2S. The molecule has 5 aromatic carbocycles. The third kappa shape index (κ3) is 6.06. The van der Waals surface area contributed by atoms with Crippen LogP contribution in [0.3, 0.4) is 0 Å². The van der Waals surface area contributed by atoms with Crippen molar-refractivity contribution < 1.29 is 9.47 Å². The van der Waals surface area contributed by atoms with Gasteiger partial charge in [-0.2, -0.15) is 0 Å². The van der Waals surface area contributed by atoms with E-state index in [1.165, 1.54) is 129 Å². The number of benzene rings is 5. The Balaban J connectivity index is 1.12. The van der Waals surface area contributed by atoms with E-state index in [0.29, 0.717) is 13.2 Å². The summed E-state index contributed by atoms with van der Waals surface area (Å²) in [5, 5.41) is 0. The first-order valence-electron chi connectivity index (χ1n) is 23.5. The lowest BCUT2D eigenvalue weighted by Gasteiger charge is -2.48. The van der Waals surface area contributed by atoms with Crippen molar-refractivity contribution in [2.75, 3.05) is 13.2 Å². The van der Waals surface area contributed by atoms with E-state index in [-0.39, 0.29) is 29.1 Å². The summed E-state index contributed by atoms with van der Waals surface area (Å²) in [6.07, 6.45) is 12.4. The summed E-state index contributed by atoms with van der Waals surface area (Å²) in [7, 11) is 0. The van der Waals surface area contributed by atoms with Crippen LogP contribution >= 0.6 is 11.3 Å². The highest BCUT2D eigenvalue weighted by Gasteiger charge is 2.50. The number of fused-ring (bicyclic) bond motifs is 1. The van der Waals surface area contributed by atoms with Crippen LogP contribution in [0.4, 0.5) is 0 Å². The molecule has 0 saturated heterocycles. The molecule has 0 unspecified atom stereocenters.